The number of halogens is 3. The van der Waals surface area contributed by atoms with Crippen LogP contribution in [-0.4, -0.2) is 101 Å². The SMILES string of the molecule is CC1(C)COc2ccc(F)cc2C2CCCN2c2ccn3ncc(c3n2)NC1=O.CC1(C)COc2ccc(F)cc2[C@@H]2CCCN2c2ccn3ncc(c3n2)NC1=O.CC1(C)COc2ccc(F)cc2[C@H]2CCCN2c2ccn3ncc(c3n2)NC1=O. The van der Waals surface area contributed by atoms with Gasteiger partial charge in [-0.1, -0.05) is 0 Å². The van der Waals surface area contributed by atoms with Crippen molar-refractivity contribution < 1.29 is 41.8 Å². The number of hydrogen-bond donors (Lipinski definition) is 3. The summed E-state index contributed by atoms with van der Waals surface area (Å²) in [5.41, 5.74) is 3.36. The average molecular weight is 1190 g/mol. The van der Waals surface area contributed by atoms with E-state index in [1.54, 1.807) is 50.3 Å². The van der Waals surface area contributed by atoms with Crippen molar-refractivity contribution in [3.8, 4) is 17.2 Å². The molecule has 0 spiro atoms. The molecule has 24 heteroatoms. The normalized spacial score (nSPS) is 20.9. The van der Waals surface area contributed by atoms with E-state index >= 15 is 0 Å². The number of carbonyl (C=O) groups is 3. The third kappa shape index (κ3) is 10.9. The maximum absolute atomic E-state index is 14.1. The minimum Gasteiger partial charge on any atom is -0.492 e. The smallest absolute Gasteiger partial charge is 0.233 e. The zero-order valence-corrected chi connectivity index (χ0v) is 49.1. The number of ether oxygens (including phenoxy) is 3. The third-order valence-electron chi connectivity index (χ3n) is 17.1. The summed E-state index contributed by atoms with van der Waals surface area (Å²) >= 11 is 0. The fourth-order valence-corrected chi connectivity index (χ4v) is 12.0. The maximum Gasteiger partial charge on any atom is 0.233 e. The molecule has 6 aliphatic rings. The van der Waals surface area contributed by atoms with Crippen LogP contribution >= 0.6 is 0 Å². The first kappa shape index (κ1) is 56.6. The molecule has 1 unspecified atom stereocenters. The molecule has 3 N–H and O–H groups in total. The van der Waals surface area contributed by atoms with Crippen LogP contribution in [-0.2, 0) is 14.4 Å². The second-order valence-corrected chi connectivity index (χ2v) is 24.8. The van der Waals surface area contributed by atoms with E-state index in [2.05, 4.69) is 45.9 Å². The van der Waals surface area contributed by atoms with Crippen molar-refractivity contribution in [1.82, 2.24) is 43.8 Å². The lowest BCUT2D eigenvalue weighted by Crippen LogP contribution is -2.36. The van der Waals surface area contributed by atoms with Gasteiger partial charge in [-0.05, 0) is 153 Å². The van der Waals surface area contributed by atoms with Gasteiger partial charge < -0.3 is 44.9 Å². The van der Waals surface area contributed by atoms with Gasteiger partial charge in [-0.15, -0.1) is 0 Å². The zero-order chi connectivity index (χ0) is 60.5. The number of anilines is 6. The molecule has 0 radical (unpaired) electrons. The highest BCUT2D eigenvalue weighted by Crippen LogP contribution is 2.44. The highest BCUT2D eigenvalue weighted by Gasteiger charge is 2.38. The Balaban J connectivity index is 0.000000121. The molecule has 3 saturated heterocycles. The van der Waals surface area contributed by atoms with Crippen molar-refractivity contribution in [2.75, 3.05) is 70.1 Å². The number of rotatable bonds is 0. The van der Waals surface area contributed by atoms with Gasteiger partial charge in [0.05, 0.1) is 53.0 Å². The fraction of sp³-hybridized carbons (Fsp3) is 0.381. The van der Waals surface area contributed by atoms with Gasteiger partial charge in [0.1, 0.15) is 89.0 Å². The quantitative estimate of drug-likeness (QED) is 0.129. The molecule has 0 saturated carbocycles. The Hall–Kier alpha value is -9.48. The van der Waals surface area contributed by atoms with E-state index in [4.69, 9.17) is 29.2 Å². The molecule has 0 aliphatic carbocycles. The molecule has 9 aromatic rings. The second kappa shape index (κ2) is 22.1. The predicted octanol–water partition coefficient (Wildman–Crippen LogP) is 10.7. The third-order valence-corrected chi connectivity index (χ3v) is 17.1. The van der Waals surface area contributed by atoms with Crippen molar-refractivity contribution in [2.45, 2.75) is 98.2 Å². The van der Waals surface area contributed by atoms with Gasteiger partial charge >= 0.3 is 0 Å². The Morgan fingerprint density at radius 2 is 0.724 bits per heavy atom. The van der Waals surface area contributed by atoms with Gasteiger partial charge in [-0.25, -0.2) is 41.7 Å². The highest BCUT2D eigenvalue weighted by atomic mass is 19.1. The highest BCUT2D eigenvalue weighted by molar-refractivity contribution is 5.99. The lowest BCUT2D eigenvalue weighted by Gasteiger charge is -2.28. The average Bonchev–Trinajstić information content (AvgIpc) is 2.02. The van der Waals surface area contributed by atoms with Crippen LogP contribution in [0, 0.1) is 33.7 Å². The largest absolute Gasteiger partial charge is 0.492 e. The number of carbonyl (C=O) groups excluding carboxylic acids is 3. The van der Waals surface area contributed by atoms with E-state index < -0.39 is 16.2 Å². The number of amides is 3. The van der Waals surface area contributed by atoms with Gasteiger partial charge in [0, 0.05) is 54.9 Å². The summed E-state index contributed by atoms with van der Waals surface area (Å²) in [5.74, 6) is 2.63. The summed E-state index contributed by atoms with van der Waals surface area (Å²) in [5, 5.41) is 21.7. The van der Waals surface area contributed by atoms with Gasteiger partial charge in [0.15, 0.2) is 16.9 Å². The second-order valence-electron chi connectivity index (χ2n) is 24.8. The van der Waals surface area contributed by atoms with Crippen LogP contribution in [0.5, 0.6) is 17.2 Å². The number of aromatic nitrogens is 9. The number of nitrogens with zero attached hydrogens (tertiary/aromatic N) is 12. The maximum atomic E-state index is 14.1. The van der Waals surface area contributed by atoms with Crippen molar-refractivity contribution in [3.05, 3.63) is 144 Å². The van der Waals surface area contributed by atoms with Crippen LogP contribution in [0.4, 0.5) is 47.7 Å². The van der Waals surface area contributed by atoms with E-state index in [-0.39, 0.29) is 73.1 Å². The van der Waals surface area contributed by atoms with Crippen molar-refractivity contribution in [3.63, 3.8) is 0 Å². The number of benzene rings is 3. The molecular formula is C63H66F3N15O6. The lowest BCUT2D eigenvalue weighted by atomic mass is 9.93. The van der Waals surface area contributed by atoms with Crippen LogP contribution in [0.3, 0.4) is 0 Å². The molecule has 3 atom stereocenters. The van der Waals surface area contributed by atoms with Crippen LogP contribution < -0.4 is 44.9 Å². The molecule has 450 valence electrons. The van der Waals surface area contributed by atoms with E-state index in [9.17, 15) is 27.6 Å². The van der Waals surface area contributed by atoms with Crippen molar-refractivity contribution in [1.29, 1.82) is 0 Å². The molecule has 6 aromatic heterocycles. The monoisotopic (exact) mass is 1190 g/mol. The van der Waals surface area contributed by atoms with E-state index in [0.29, 0.717) is 51.3 Å². The first-order valence-electron chi connectivity index (χ1n) is 29.3. The van der Waals surface area contributed by atoms with Crippen LogP contribution in [0.2, 0.25) is 0 Å². The van der Waals surface area contributed by atoms with E-state index in [0.717, 1.165) is 92.3 Å². The first-order valence-corrected chi connectivity index (χ1v) is 29.3. The molecule has 3 aromatic carbocycles. The molecule has 3 fully saturated rings. The van der Waals surface area contributed by atoms with Crippen molar-refractivity contribution in [2.24, 2.45) is 16.2 Å². The standard InChI is InChI=1S/3C21H22FN5O2/c3*1-21(2)12-29-17-6-5-13(22)10-14(17)16-4-3-8-26(16)18-7-9-27-19(25-18)15(11-23-27)24-20(21)28/h3*5-7,9-11,16H,3-4,8,12H2,1-2H3,(H,24,28)/t2*16-;/m10./s1. The summed E-state index contributed by atoms with van der Waals surface area (Å²) in [6.45, 7) is 13.8. The Bertz CT molecular complexity index is 3750. The van der Waals surface area contributed by atoms with Crippen LogP contribution in [0.25, 0.3) is 16.9 Å². The number of hydrogen-bond acceptors (Lipinski definition) is 15. The molecule has 15 rings (SSSR count). The Morgan fingerprint density at radius 1 is 0.437 bits per heavy atom. The van der Waals surface area contributed by atoms with E-state index in [1.165, 1.54) is 36.4 Å². The molecule has 3 amide bonds. The van der Waals surface area contributed by atoms with Crippen LogP contribution in [0.1, 0.15) is 115 Å². The Kier molecular flexibility index (Phi) is 14.4. The molecular weight excluding hydrogens is 1120 g/mol. The Labute approximate surface area is 498 Å². The molecule has 6 aliphatic heterocycles. The fourth-order valence-electron chi connectivity index (χ4n) is 12.0. The summed E-state index contributed by atoms with van der Waals surface area (Å²) in [4.78, 5) is 59.6. The molecule has 21 nitrogen and oxygen atoms in total. The molecule has 12 heterocycles. The lowest BCUT2D eigenvalue weighted by molar-refractivity contribution is -0.126. The summed E-state index contributed by atoms with van der Waals surface area (Å²) in [7, 11) is 0. The number of fused-ring (bicyclic) bond motifs is 15. The Morgan fingerprint density at radius 3 is 1.01 bits per heavy atom. The predicted molar refractivity (Wildman–Crippen MR) is 320 cm³/mol. The molecule has 6 bridgehead atoms. The van der Waals surface area contributed by atoms with Gasteiger partial charge in [-0.3, -0.25) is 14.4 Å². The summed E-state index contributed by atoms with van der Waals surface area (Å²) in [6.07, 6.45) is 15.8. The molecule has 87 heavy (non-hydrogen) atoms. The van der Waals surface area contributed by atoms with Gasteiger partial charge in [0.25, 0.3) is 0 Å². The summed E-state index contributed by atoms with van der Waals surface area (Å²) in [6, 6.07) is 19.3. The van der Waals surface area contributed by atoms with Crippen molar-refractivity contribution >= 4 is 69.2 Å². The first-order chi connectivity index (χ1) is 41.8. The van der Waals surface area contributed by atoms with E-state index in [1.807, 2.05) is 78.3 Å². The number of nitrogens with one attached hydrogen (secondary N) is 3. The minimum absolute atomic E-state index is 0.0467. The van der Waals surface area contributed by atoms with Crippen LogP contribution in [0.15, 0.2) is 110 Å². The minimum atomic E-state index is -0.805. The van der Waals surface area contributed by atoms with Gasteiger partial charge in [0.2, 0.25) is 17.7 Å². The summed E-state index contributed by atoms with van der Waals surface area (Å²) < 4.78 is 65.6. The topological polar surface area (TPSA) is 215 Å². The zero-order valence-electron chi connectivity index (χ0n) is 49.1. The van der Waals surface area contributed by atoms with Gasteiger partial charge in [-0.2, -0.15) is 15.3 Å².